The van der Waals surface area contributed by atoms with Gasteiger partial charge in [0.05, 0.1) is 28.9 Å². The first-order valence-electron chi connectivity index (χ1n) is 6.86. The number of nitrogens with two attached hydrogens (primary N) is 3. The molecule has 140 valence electrons. The number of likely N-dealkylation sites (tertiary alicyclic amines) is 1. The second kappa shape index (κ2) is 7.59. The second-order valence-corrected chi connectivity index (χ2v) is 6.01. The van der Waals surface area contributed by atoms with Gasteiger partial charge in [-0.15, -0.1) is 0 Å². The summed E-state index contributed by atoms with van der Waals surface area (Å²) in [5.74, 6) is -0.611. The summed E-state index contributed by atoms with van der Waals surface area (Å²) in [7, 11) is 0. The van der Waals surface area contributed by atoms with Crippen molar-refractivity contribution in [2.75, 3.05) is 13.1 Å². The number of rotatable bonds is 4. The number of β-amino-alcohol motifs (C(OH)–C–C–N with tert-alkyl or cyclic N) is 1. The normalized spacial score (nSPS) is 20.5. The van der Waals surface area contributed by atoms with E-state index in [0.29, 0.717) is 0 Å². The monoisotopic (exact) mass is 399 g/mol. The van der Waals surface area contributed by atoms with Gasteiger partial charge in [0, 0.05) is 5.57 Å². The Morgan fingerprint density at radius 3 is 2.20 bits per heavy atom. The molecule has 11 heteroatoms. The number of nitrogens with zero attached hydrogens (tertiary/aromatic N) is 2. The first kappa shape index (κ1) is 21.2. The lowest BCUT2D eigenvalue weighted by molar-refractivity contribution is -0.292. The van der Waals surface area contributed by atoms with Crippen molar-refractivity contribution in [1.29, 1.82) is 0 Å². The van der Waals surface area contributed by atoms with Gasteiger partial charge in [0.15, 0.2) is 17.4 Å². The predicted octanol–water partition coefficient (Wildman–Crippen LogP) is 1.82. The van der Waals surface area contributed by atoms with E-state index < -0.39 is 24.9 Å². The average molecular weight is 400 g/mol. The number of aliphatic hydroxyl groups is 1. The number of aliphatic imine (C=N–C) groups is 1. The molecule has 0 saturated carbocycles. The van der Waals surface area contributed by atoms with Crippen molar-refractivity contribution in [1.82, 2.24) is 4.90 Å². The minimum absolute atomic E-state index is 0.0729. The average Bonchev–Trinajstić information content (AvgIpc) is 2.49. The van der Waals surface area contributed by atoms with Crippen molar-refractivity contribution in [2.24, 2.45) is 22.2 Å². The van der Waals surface area contributed by atoms with Gasteiger partial charge >= 0.3 is 6.18 Å². The van der Waals surface area contributed by atoms with Crippen molar-refractivity contribution < 1.29 is 18.3 Å². The van der Waals surface area contributed by atoms with Crippen LogP contribution in [0.15, 0.2) is 50.9 Å². The molecule has 25 heavy (non-hydrogen) atoms. The molecular formula is C14H18Cl2F3N5O. The Morgan fingerprint density at radius 2 is 1.80 bits per heavy atom. The van der Waals surface area contributed by atoms with Gasteiger partial charge in [-0.25, -0.2) is 0 Å². The fourth-order valence-electron chi connectivity index (χ4n) is 1.89. The highest BCUT2D eigenvalue weighted by Crippen LogP contribution is 2.37. The minimum atomic E-state index is -4.76. The van der Waals surface area contributed by atoms with Crippen LogP contribution in [0.25, 0.3) is 0 Å². The van der Waals surface area contributed by atoms with E-state index in [1.54, 1.807) is 6.92 Å². The number of hydrogen-bond donors (Lipinski definition) is 4. The standard InChI is InChI=1S/C14H18Cl2F3N5O/c1-3-7(9(16)8(15)4-2)10(20)11(21)23-12(22)24-5-13(25,6-24)14(17,18)19/h3-4,25H,1,5-6,20-21H2,2H3,(H2,22,23)/b8-4+,9-7-,11-10-. The molecule has 1 rings (SSSR count). The van der Waals surface area contributed by atoms with Gasteiger partial charge in [-0.3, -0.25) is 0 Å². The Kier molecular flexibility index (Phi) is 6.44. The first-order chi connectivity index (χ1) is 11.4. The van der Waals surface area contributed by atoms with Crippen molar-refractivity contribution in [3.8, 4) is 0 Å². The van der Waals surface area contributed by atoms with Crippen LogP contribution in [0.4, 0.5) is 13.2 Å². The molecule has 1 fully saturated rings. The minimum Gasteiger partial charge on any atom is -0.395 e. The summed E-state index contributed by atoms with van der Waals surface area (Å²) in [6, 6.07) is 0. The van der Waals surface area contributed by atoms with E-state index in [4.69, 9.17) is 40.4 Å². The Hall–Kier alpha value is -1.84. The number of guanidine groups is 1. The van der Waals surface area contributed by atoms with E-state index in [1.165, 1.54) is 12.2 Å². The fourth-order valence-corrected chi connectivity index (χ4v) is 2.28. The number of hydrogen-bond acceptors (Lipinski definition) is 4. The Balaban J connectivity index is 3.07. The molecule has 1 aliphatic heterocycles. The number of halogens is 5. The van der Waals surface area contributed by atoms with Crippen LogP contribution in [-0.4, -0.2) is 40.8 Å². The molecule has 0 radical (unpaired) electrons. The third-order valence-electron chi connectivity index (χ3n) is 3.46. The Morgan fingerprint density at radius 1 is 1.28 bits per heavy atom. The summed E-state index contributed by atoms with van der Waals surface area (Å²) in [5, 5.41) is 9.66. The van der Waals surface area contributed by atoms with Crippen molar-refractivity contribution in [3.05, 3.63) is 45.9 Å². The van der Waals surface area contributed by atoms with E-state index in [0.717, 1.165) is 4.90 Å². The summed E-state index contributed by atoms with van der Waals surface area (Å²) >= 11 is 12.0. The van der Waals surface area contributed by atoms with Crippen molar-refractivity contribution in [3.63, 3.8) is 0 Å². The maximum absolute atomic E-state index is 12.6. The largest absolute Gasteiger partial charge is 0.420 e. The van der Waals surface area contributed by atoms with Crippen molar-refractivity contribution >= 4 is 29.2 Å². The van der Waals surface area contributed by atoms with E-state index in [1.807, 2.05) is 0 Å². The SMILES string of the molecule is C=CC(/C(N)=C(N)/N=C(\N)N1CC(O)(C(F)(F)F)C1)=C(Cl)\C(Cl)=C/C. The molecule has 1 heterocycles. The van der Waals surface area contributed by atoms with Gasteiger partial charge in [0.25, 0.3) is 0 Å². The number of alkyl halides is 3. The lowest BCUT2D eigenvalue weighted by Gasteiger charge is -2.47. The Labute approximate surface area is 152 Å². The molecule has 1 saturated heterocycles. The second-order valence-electron chi connectivity index (χ2n) is 5.22. The molecule has 0 amide bonds. The molecule has 0 aliphatic carbocycles. The zero-order valence-corrected chi connectivity index (χ0v) is 14.8. The summed E-state index contributed by atoms with van der Waals surface area (Å²) in [6.07, 6.45) is -1.94. The predicted molar refractivity (Wildman–Crippen MR) is 92.3 cm³/mol. The first-order valence-corrected chi connectivity index (χ1v) is 7.61. The molecule has 7 N–H and O–H groups in total. The van der Waals surface area contributed by atoms with Crippen LogP contribution in [0.1, 0.15) is 6.92 Å². The summed E-state index contributed by atoms with van der Waals surface area (Å²) in [6.45, 7) is 3.68. The lowest BCUT2D eigenvalue weighted by Crippen LogP contribution is -2.71. The number of allylic oxidation sites excluding steroid dienone is 4. The third-order valence-corrected chi connectivity index (χ3v) is 4.37. The van der Waals surface area contributed by atoms with E-state index in [-0.39, 0.29) is 33.1 Å². The molecule has 0 spiro atoms. The maximum atomic E-state index is 12.6. The summed E-state index contributed by atoms with van der Waals surface area (Å²) in [4.78, 5) is 4.76. The molecule has 6 nitrogen and oxygen atoms in total. The Bertz CT molecular complexity index is 676. The quantitative estimate of drug-likeness (QED) is 0.327. The highest BCUT2D eigenvalue weighted by Gasteiger charge is 2.61. The van der Waals surface area contributed by atoms with E-state index in [2.05, 4.69) is 11.6 Å². The van der Waals surface area contributed by atoms with Gasteiger partial charge in [0.2, 0.25) is 0 Å². The topological polar surface area (TPSA) is 114 Å². The fraction of sp³-hybridized carbons (Fsp3) is 0.357. The van der Waals surface area contributed by atoms with E-state index in [9.17, 15) is 18.3 Å². The van der Waals surface area contributed by atoms with Crippen LogP contribution >= 0.6 is 23.2 Å². The molecule has 0 aromatic rings. The zero-order chi connectivity index (χ0) is 19.6. The molecule has 0 bridgehead atoms. The van der Waals surface area contributed by atoms with E-state index >= 15 is 0 Å². The van der Waals surface area contributed by atoms with Gasteiger partial charge in [-0.1, -0.05) is 41.9 Å². The van der Waals surface area contributed by atoms with Crippen LogP contribution in [-0.2, 0) is 0 Å². The highest BCUT2D eigenvalue weighted by atomic mass is 35.5. The molecule has 0 aromatic heterocycles. The molecular weight excluding hydrogens is 382 g/mol. The van der Waals surface area contributed by atoms with Crippen LogP contribution < -0.4 is 17.2 Å². The zero-order valence-electron chi connectivity index (χ0n) is 13.2. The van der Waals surface area contributed by atoms with Crippen LogP contribution in [0.5, 0.6) is 0 Å². The van der Waals surface area contributed by atoms with Crippen LogP contribution in [0.3, 0.4) is 0 Å². The molecule has 0 atom stereocenters. The van der Waals surface area contributed by atoms with Crippen LogP contribution in [0, 0.1) is 0 Å². The lowest BCUT2D eigenvalue weighted by atomic mass is 9.94. The maximum Gasteiger partial charge on any atom is 0.420 e. The summed E-state index contributed by atoms with van der Waals surface area (Å²) < 4.78 is 37.8. The van der Waals surface area contributed by atoms with Crippen molar-refractivity contribution in [2.45, 2.75) is 18.7 Å². The summed E-state index contributed by atoms with van der Waals surface area (Å²) in [5.41, 5.74) is 14.4. The van der Waals surface area contributed by atoms with Gasteiger partial charge in [-0.05, 0) is 6.92 Å². The molecule has 1 aliphatic rings. The van der Waals surface area contributed by atoms with Gasteiger partial charge < -0.3 is 27.2 Å². The molecule has 0 aromatic carbocycles. The smallest absolute Gasteiger partial charge is 0.395 e. The molecule has 0 unspecified atom stereocenters. The van der Waals surface area contributed by atoms with Crippen LogP contribution in [0.2, 0.25) is 0 Å². The third kappa shape index (κ3) is 4.42. The van der Waals surface area contributed by atoms with Gasteiger partial charge in [-0.2, -0.15) is 18.2 Å². The van der Waals surface area contributed by atoms with Gasteiger partial charge in [0.1, 0.15) is 0 Å². The highest BCUT2D eigenvalue weighted by molar-refractivity contribution is 6.44.